The van der Waals surface area contributed by atoms with Gasteiger partial charge in [0.1, 0.15) is 11.5 Å². The third-order valence-electron chi connectivity index (χ3n) is 1.66. The first-order valence-electron chi connectivity index (χ1n) is 4.41. The Morgan fingerprint density at radius 2 is 1.47 bits per heavy atom. The predicted octanol–water partition coefficient (Wildman–Crippen LogP) is 3.89. The van der Waals surface area contributed by atoms with Gasteiger partial charge >= 0.3 is 0 Å². The van der Waals surface area contributed by atoms with Crippen molar-refractivity contribution in [3.05, 3.63) is 48.3 Å². The van der Waals surface area contributed by atoms with E-state index in [1.54, 1.807) is 12.5 Å². The van der Waals surface area contributed by atoms with Gasteiger partial charge in [0.05, 0.1) is 24.0 Å². The van der Waals surface area contributed by atoms with E-state index >= 15 is 0 Å². The smallest absolute Gasteiger partial charge is 0.116 e. The van der Waals surface area contributed by atoms with E-state index in [2.05, 4.69) is 0 Å². The van der Waals surface area contributed by atoms with Crippen LogP contribution in [0.5, 0.6) is 0 Å². The van der Waals surface area contributed by atoms with Crippen LogP contribution >= 0.6 is 24.1 Å². The molecule has 0 bridgehead atoms. The molecule has 0 atom stereocenters. The van der Waals surface area contributed by atoms with Crippen LogP contribution in [0.2, 0.25) is 0 Å². The largest absolute Gasteiger partial charge is 0.468 e. The summed E-state index contributed by atoms with van der Waals surface area (Å²) >= 11 is 2.72. The summed E-state index contributed by atoms with van der Waals surface area (Å²) in [7, 11) is 0. The normalized spacial score (nSPS) is 10.7. The molecule has 0 aromatic carbocycles. The minimum Gasteiger partial charge on any atom is -0.468 e. The lowest BCUT2D eigenvalue weighted by Gasteiger charge is -1.97. The zero-order valence-corrected chi connectivity index (χ0v) is 9.55. The SMILES string of the molecule is c1coc(CSOSCc2ccco2)c1. The molecule has 0 saturated carbocycles. The lowest BCUT2D eigenvalue weighted by Crippen LogP contribution is -1.76. The fourth-order valence-electron chi connectivity index (χ4n) is 0.988. The molecule has 0 fully saturated rings. The fourth-order valence-corrected chi connectivity index (χ4v) is 2.21. The molecular formula is C10H10O3S2. The Balaban J connectivity index is 1.56. The van der Waals surface area contributed by atoms with Gasteiger partial charge in [0.25, 0.3) is 0 Å². The Hall–Kier alpha value is -0.780. The van der Waals surface area contributed by atoms with E-state index in [-0.39, 0.29) is 0 Å². The minimum absolute atomic E-state index is 0.720. The van der Waals surface area contributed by atoms with E-state index in [9.17, 15) is 0 Å². The molecule has 0 N–H and O–H groups in total. The minimum atomic E-state index is 0.720. The van der Waals surface area contributed by atoms with Crippen molar-refractivity contribution in [1.29, 1.82) is 0 Å². The van der Waals surface area contributed by atoms with Crippen LogP contribution in [-0.4, -0.2) is 0 Å². The maximum absolute atomic E-state index is 5.29. The average molecular weight is 242 g/mol. The van der Waals surface area contributed by atoms with Gasteiger partial charge in [0.2, 0.25) is 0 Å². The molecule has 0 spiro atoms. The Morgan fingerprint density at radius 3 is 1.87 bits per heavy atom. The molecule has 80 valence electrons. The molecule has 0 radical (unpaired) electrons. The first-order valence-corrected chi connectivity index (χ1v) is 6.23. The Bertz CT molecular complexity index is 320. The van der Waals surface area contributed by atoms with Gasteiger partial charge in [-0.25, -0.2) is 3.63 Å². The van der Waals surface area contributed by atoms with E-state index in [0.717, 1.165) is 23.0 Å². The highest BCUT2D eigenvalue weighted by molar-refractivity contribution is 8.07. The molecule has 0 aliphatic rings. The van der Waals surface area contributed by atoms with Gasteiger partial charge < -0.3 is 8.83 Å². The standard InChI is InChI=1S/C10H10O3S2/c1-3-9(11-5-1)7-14-13-15-8-10-4-2-6-12-10/h1-6H,7-8H2. The van der Waals surface area contributed by atoms with Crippen molar-refractivity contribution in [3.8, 4) is 0 Å². The fraction of sp³-hybridized carbons (Fsp3) is 0.200. The maximum atomic E-state index is 5.29. The summed E-state index contributed by atoms with van der Waals surface area (Å²) in [6, 6.07) is 7.58. The van der Waals surface area contributed by atoms with E-state index < -0.39 is 0 Å². The molecule has 0 unspecified atom stereocenters. The van der Waals surface area contributed by atoms with E-state index in [0.29, 0.717) is 0 Å². The monoisotopic (exact) mass is 242 g/mol. The van der Waals surface area contributed by atoms with Crippen molar-refractivity contribution in [2.45, 2.75) is 11.5 Å². The van der Waals surface area contributed by atoms with E-state index in [4.69, 9.17) is 12.5 Å². The summed E-state index contributed by atoms with van der Waals surface area (Å²) in [5.74, 6) is 3.27. The summed E-state index contributed by atoms with van der Waals surface area (Å²) in [5, 5.41) is 0. The molecule has 3 nitrogen and oxygen atoms in total. The first-order chi connectivity index (χ1) is 7.45. The van der Waals surface area contributed by atoms with Gasteiger partial charge in [-0.1, -0.05) is 0 Å². The number of hydrogen-bond acceptors (Lipinski definition) is 5. The van der Waals surface area contributed by atoms with Crippen molar-refractivity contribution < 1.29 is 12.5 Å². The molecule has 0 amide bonds. The van der Waals surface area contributed by atoms with Crippen LogP contribution in [-0.2, 0) is 15.1 Å². The highest BCUT2D eigenvalue weighted by Gasteiger charge is 1.99. The zero-order chi connectivity index (χ0) is 10.3. The molecule has 0 saturated heterocycles. The second kappa shape index (κ2) is 5.95. The third kappa shape index (κ3) is 3.70. The third-order valence-corrected chi connectivity index (χ3v) is 3.23. The topological polar surface area (TPSA) is 35.5 Å². The lowest BCUT2D eigenvalue weighted by molar-refractivity contribution is 0.526. The summed E-state index contributed by atoms with van der Waals surface area (Å²) in [4.78, 5) is 0. The Morgan fingerprint density at radius 1 is 0.933 bits per heavy atom. The molecule has 15 heavy (non-hydrogen) atoms. The van der Waals surface area contributed by atoms with Crippen LogP contribution in [0.25, 0.3) is 0 Å². The van der Waals surface area contributed by atoms with Crippen molar-refractivity contribution in [2.24, 2.45) is 0 Å². The highest BCUT2D eigenvalue weighted by atomic mass is 32.2. The lowest BCUT2D eigenvalue weighted by atomic mass is 10.5. The summed E-state index contributed by atoms with van der Waals surface area (Å²) in [6.07, 6.45) is 3.32. The van der Waals surface area contributed by atoms with Gasteiger partial charge in [0, 0.05) is 24.1 Å². The molecule has 5 heteroatoms. The predicted molar refractivity (Wildman–Crippen MR) is 61.1 cm³/mol. The second-order valence-electron chi connectivity index (χ2n) is 2.75. The maximum Gasteiger partial charge on any atom is 0.116 e. The van der Waals surface area contributed by atoms with Gasteiger partial charge in [-0.05, 0) is 24.3 Å². The van der Waals surface area contributed by atoms with Crippen LogP contribution in [0, 0.1) is 0 Å². The van der Waals surface area contributed by atoms with Crippen LogP contribution in [0.15, 0.2) is 45.6 Å². The van der Waals surface area contributed by atoms with Crippen LogP contribution in [0.4, 0.5) is 0 Å². The van der Waals surface area contributed by atoms with Gasteiger partial charge in [0.15, 0.2) is 0 Å². The van der Waals surface area contributed by atoms with Crippen LogP contribution in [0.3, 0.4) is 0 Å². The Labute approximate surface area is 96.6 Å². The van der Waals surface area contributed by atoms with Gasteiger partial charge in [-0.3, -0.25) is 0 Å². The molecular weight excluding hydrogens is 232 g/mol. The number of rotatable bonds is 6. The molecule has 2 aromatic heterocycles. The van der Waals surface area contributed by atoms with E-state index in [1.165, 1.54) is 24.1 Å². The number of hydrogen-bond donors (Lipinski definition) is 0. The summed E-state index contributed by atoms with van der Waals surface area (Å²) < 4.78 is 15.6. The van der Waals surface area contributed by atoms with Crippen molar-refractivity contribution >= 4 is 24.1 Å². The van der Waals surface area contributed by atoms with Crippen LogP contribution < -0.4 is 0 Å². The molecule has 2 rings (SSSR count). The average Bonchev–Trinajstić information content (AvgIpc) is 2.88. The van der Waals surface area contributed by atoms with Crippen molar-refractivity contribution in [2.75, 3.05) is 0 Å². The Kier molecular flexibility index (Phi) is 4.25. The zero-order valence-electron chi connectivity index (χ0n) is 7.92. The van der Waals surface area contributed by atoms with Crippen molar-refractivity contribution in [3.63, 3.8) is 0 Å². The van der Waals surface area contributed by atoms with Crippen LogP contribution in [0.1, 0.15) is 11.5 Å². The summed E-state index contributed by atoms with van der Waals surface area (Å²) in [6.45, 7) is 0. The molecule has 2 aromatic rings. The van der Waals surface area contributed by atoms with Gasteiger partial charge in [-0.2, -0.15) is 0 Å². The number of furan rings is 2. The second-order valence-corrected chi connectivity index (χ2v) is 4.34. The summed E-state index contributed by atoms with van der Waals surface area (Å²) in [5.41, 5.74) is 0. The highest BCUT2D eigenvalue weighted by Crippen LogP contribution is 2.23. The first kappa shape index (κ1) is 10.7. The molecule has 0 aliphatic heterocycles. The molecule has 2 heterocycles. The van der Waals surface area contributed by atoms with Gasteiger partial charge in [-0.15, -0.1) is 0 Å². The molecule has 0 aliphatic carbocycles. The van der Waals surface area contributed by atoms with E-state index in [1.807, 2.05) is 24.3 Å². The van der Waals surface area contributed by atoms with Crippen molar-refractivity contribution in [1.82, 2.24) is 0 Å². The quantitative estimate of drug-likeness (QED) is 0.567.